The molecule has 3 aromatic heterocycles. The van der Waals surface area contributed by atoms with E-state index in [1.54, 1.807) is 13.8 Å². The third kappa shape index (κ3) is 4.65. The number of anilines is 1. The van der Waals surface area contributed by atoms with Gasteiger partial charge in [0.15, 0.2) is 11.0 Å². The van der Waals surface area contributed by atoms with E-state index in [1.807, 2.05) is 0 Å². The van der Waals surface area contributed by atoms with Crippen molar-refractivity contribution in [2.75, 3.05) is 5.32 Å². The van der Waals surface area contributed by atoms with Crippen LogP contribution < -0.4 is 10.1 Å². The number of carbonyl (C=O) groups excluding carboxylic acids is 1. The Bertz CT molecular complexity index is 1250. The normalized spacial score (nSPS) is 11.2. The summed E-state index contributed by atoms with van der Waals surface area (Å²) in [7, 11) is 0. The van der Waals surface area contributed by atoms with Crippen LogP contribution in [0.1, 0.15) is 32.6 Å². The molecule has 0 aliphatic heterocycles. The Labute approximate surface area is 188 Å². The number of amides is 1. The molecule has 4 rings (SSSR count). The summed E-state index contributed by atoms with van der Waals surface area (Å²) < 4.78 is 45.6. The quantitative estimate of drug-likeness (QED) is 0.381. The average Bonchev–Trinajstić information content (AvgIpc) is 3.46. The summed E-state index contributed by atoms with van der Waals surface area (Å²) in [6, 6.07) is 5.59. The van der Waals surface area contributed by atoms with Gasteiger partial charge in [0.05, 0.1) is 16.3 Å². The van der Waals surface area contributed by atoms with E-state index < -0.39 is 12.5 Å². The molecule has 1 amide bonds. The maximum absolute atomic E-state index is 13.2. The lowest BCUT2D eigenvalue weighted by molar-refractivity contribution is 0.0720. The Hall–Kier alpha value is -3.25. The lowest BCUT2D eigenvalue weighted by Gasteiger charge is -2.04. The van der Waals surface area contributed by atoms with Crippen molar-refractivity contribution >= 4 is 33.7 Å². The molecule has 0 atom stereocenters. The van der Waals surface area contributed by atoms with Crippen LogP contribution in [0.5, 0.6) is 5.75 Å². The Kier molecular flexibility index (Phi) is 6.24. The zero-order valence-electron chi connectivity index (χ0n) is 16.8. The van der Waals surface area contributed by atoms with Crippen LogP contribution in [0.15, 0.2) is 36.7 Å². The molecule has 0 radical (unpaired) electrons. The van der Waals surface area contributed by atoms with Crippen LogP contribution in [0.25, 0.3) is 10.7 Å². The number of aromatic nitrogens is 4. The van der Waals surface area contributed by atoms with E-state index in [4.69, 9.17) is 4.74 Å². The summed E-state index contributed by atoms with van der Waals surface area (Å²) in [5, 5.41) is 3.54. The molecule has 12 heteroatoms. The molecule has 0 saturated carbocycles. The van der Waals surface area contributed by atoms with E-state index in [2.05, 4.69) is 20.3 Å². The molecule has 1 N–H and O–H groups in total. The summed E-state index contributed by atoms with van der Waals surface area (Å²) in [6.45, 7) is 0.753. The van der Waals surface area contributed by atoms with Crippen molar-refractivity contribution in [1.29, 1.82) is 0 Å². The second kappa shape index (κ2) is 9.09. The zero-order valence-corrected chi connectivity index (χ0v) is 18.4. The minimum atomic E-state index is -2.73. The molecular formula is C20H16F3N5O2S2. The first-order valence-electron chi connectivity index (χ1n) is 9.26. The first-order valence-corrected chi connectivity index (χ1v) is 10.9. The number of rotatable bonds is 7. The van der Waals surface area contributed by atoms with Gasteiger partial charge >= 0.3 is 6.55 Å². The van der Waals surface area contributed by atoms with Crippen molar-refractivity contribution in [3.05, 3.63) is 63.7 Å². The molecule has 4 aromatic rings. The Morgan fingerprint density at radius 1 is 1.16 bits per heavy atom. The third-order valence-electron chi connectivity index (χ3n) is 4.32. The molecule has 0 aliphatic carbocycles. The van der Waals surface area contributed by atoms with Crippen molar-refractivity contribution in [2.24, 2.45) is 0 Å². The van der Waals surface area contributed by atoms with Gasteiger partial charge in [-0.05, 0) is 38.1 Å². The van der Waals surface area contributed by atoms with E-state index in [1.165, 1.54) is 36.7 Å². The predicted octanol–water partition coefficient (Wildman–Crippen LogP) is 5.45. The zero-order chi connectivity index (χ0) is 22.8. The summed E-state index contributed by atoms with van der Waals surface area (Å²) in [4.78, 5) is 26.2. The fourth-order valence-corrected chi connectivity index (χ4v) is 4.69. The topological polar surface area (TPSA) is 81.9 Å². The van der Waals surface area contributed by atoms with Crippen molar-refractivity contribution < 1.29 is 22.7 Å². The highest BCUT2D eigenvalue weighted by Crippen LogP contribution is 2.34. The molecule has 32 heavy (non-hydrogen) atoms. The highest BCUT2D eigenvalue weighted by Gasteiger charge is 2.21. The van der Waals surface area contributed by atoms with Gasteiger partial charge < -0.3 is 4.74 Å². The third-order valence-corrected chi connectivity index (χ3v) is 6.52. The van der Waals surface area contributed by atoms with Crippen molar-refractivity contribution in [1.82, 2.24) is 19.5 Å². The Morgan fingerprint density at radius 3 is 2.62 bits per heavy atom. The fraction of sp³-hybridized carbons (Fsp3) is 0.200. The van der Waals surface area contributed by atoms with Gasteiger partial charge in [-0.1, -0.05) is 11.3 Å². The Morgan fingerprint density at radius 2 is 1.91 bits per heavy atom. The van der Waals surface area contributed by atoms with E-state index in [0.29, 0.717) is 31.9 Å². The number of alkyl halides is 2. The number of ether oxygens (including phenoxy) is 1. The summed E-state index contributed by atoms with van der Waals surface area (Å²) in [6.07, 6.45) is 2.47. The lowest BCUT2D eigenvalue weighted by Crippen LogP contribution is -2.11. The second-order valence-corrected chi connectivity index (χ2v) is 8.67. The number of nitrogens with one attached hydrogen (secondary N) is 1. The summed E-state index contributed by atoms with van der Waals surface area (Å²) in [5.41, 5.74) is 1.000. The minimum Gasteiger partial charge on any atom is -0.486 e. The van der Waals surface area contributed by atoms with Crippen molar-refractivity contribution in [3.63, 3.8) is 0 Å². The summed E-state index contributed by atoms with van der Waals surface area (Å²) >= 11 is 2.23. The monoisotopic (exact) mass is 479 g/mol. The molecule has 166 valence electrons. The van der Waals surface area contributed by atoms with Crippen LogP contribution in [0.4, 0.5) is 18.3 Å². The number of benzene rings is 1. The van der Waals surface area contributed by atoms with Crippen LogP contribution in [0, 0.1) is 19.7 Å². The van der Waals surface area contributed by atoms with E-state index in [9.17, 15) is 18.0 Å². The maximum Gasteiger partial charge on any atom is 0.320 e. The summed E-state index contributed by atoms with van der Waals surface area (Å²) in [5.74, 6) is -0.200. The SMILES string of the molecule is Cc1nc(COc2ccc(F)cc2)sc1C(=O)Nc1nc(C)c(-c2nccn2C(F)F)s1. The predicted molar refractivity (Wildman–Crippen MR) is 115 cm³/mol. The van der Waals surface area contributed by atoms with Crippen LogP contribution in [0.2, 0.25) is 0 Å². The second-order valence-electron chi connectivity index (χ2n) is 6.59. The highest BCUT2D eigenvalue weighted by atomic mass is 32.1. The molecule has 7 nitrogen and oxygen atoms in total. The van der Waals surface area contributed by atoms with Crippen LogP contribution >= 0.6 is 22.7 Å². The molecule has 0 bridgehead atoms. The van der Waals surface area contributed by atoms with Gasteiger partial charge in [0.1, 0.15) is 28.1 Å². The molecular weight excluding hydrogens is 463 g/mol. The maximum atomic E-state index is 13.2. The van der Waals surface area contributed by atoms with Gasteiger partial charge in [-0.15, -0.1) is 11.3 Å². The lowest BCUT2D eigenvalue weighted by atomic mass is 10.3. The van der Waals surface area contributed by atoms with E-state index in [0.717, 1.165) is 27.2 Å². The largest absolute Gasteiger partial charge is 0.486 e. The molecule has 3 heterocycles. The molecule has 0 aliphatic rings. The van der Waals surface area contributed by atoms with Gasteiger partial charge in [0, 0.05) is 12.4 Å². The van der Waals surface area contributed by atoms with Gasteiger partial charge in [-0.2, -0.15) is 8.78 Å². The number of aryl methyl sites for hydroxylation is 2. The molecule has 1 aromatic carbocycles. The fourth-order valence-electron chi connectivity index (χ4n) is 2.86. The number of thiazole rings is 2. The first kappa shape index (κ1) is 22.0. The van der Waals surface area contributed by atoms with E-state index in [-0.39, 0.29) is 23.4 Å². The van der Waals surface area contributed by atoms with Crippen molar-refractivity contribution in [2.45, 2.75) is 27.0 Å². The van der Waals surface area contributed by atoms with Gasteiger partial charge in [-0.25, -0.2) is 19.3 Å². The molecule has 0 unspecified atom stereocenters. The molecule has 0 spiro atoms. The van der Waals surface area contributed by atoms with Crippen LogP contribution in [-0.2, 0) is 6.61 Å². The smallest absolute Gasteiger partial charge is 0.320 e. The number of carbonyl (C=O) groups is 1. The van der Waals surface area contributed by atoms with Crippen LogP contribution in [-0.4, -0.2) is 25.4 Å². The number of hydrogen-bond donors (Lipinski definition) is 1. The number of imidazole rings is 1. The standard InChI is InChI=1S/C20H16F3N5O2S2/c1-10-15(17-24-7-8-28(17)19(22)23)32-20(26-10)27-18(29)16-11(2)25-14(31-16)9-30-13-5-3-12(21)4-6-13/h3-8,19H,9H2,1-2H3,(H,26,27,29). The van der Waals surface area contributed by atoms with Gasteiger partial charge in [-0.3, -0.25) is 14.7 Å². The molecule has 0 saturated heterocycles. The Balaban J connectivity index is 1.46. The first-order chi connectivity index (χ1) is 15.3. The minimum absolute atomic E-state index is 0.0877. The van der Waals surface area contributed by atoms with Gasteiger partial charge in [0.25, 0.3) is 5.91 Å². The number of nitrogens with zero attached hydrogens (tertiary/aromatic N) is 4. The highest BCUT2D eigenvalue weighted by molar-refractivity contribution is 7.19. The number of halogens is 3. The average molecular weight is 480 g/mol. The van der Waals surface area contributed by atoms with Crippen molar-refractivity contribution in [3.8, 4) is 16.5 Å². The van der Waals surface area contributed by atoms with E-state index >= 15 is 0 Å². The number of hydrogen-bond acceptors (Lipinski definition) is 7. The molecule has 0 fully saturated rings. The van der Waals surface area contributed by atoms with Gasteiger partial charge in [0.2, 0.25) is 0 Å². The van der Waals surface area contributed by atoms with Crippen LogP contribution in [0.3, 0.4) is 0 Å².